The van der Waals surface area contributed by atoms with E-state index in [9.17, 15) is 14.4 Å². The number of carbonyl (C=O) groups excluding carboxylic acids is 3. The van der Waals surface area contributed by atoms with Crippen LogP contribution in [0.2, 0.25) is 0 Å². The molecule has 0 unspecified atom stereocenters. The van der Waals surface area contributed by atoms with Crippen LogP contribution in [0, 0.1) is 13.8 Å². The quantitative estimate of drug-likeness (QED) is 0.415. The van der Waals surface area contributed by atoms with E-state index in [4.69, 9.17) is 4.74 Å². The monoisotopic (exact) mass is 454 g/mol. The van der Waals surface area contributed by atoms with Crippen LogP contribution in [0.1, 0.15) is 16.7 Å². The second kappa shape index (κ2) is 8.45. The van der Waals surface area contributed by atoms with E-state index >= 15 is 0 Å². The molecule has 0 saturated carbocycles. The number of urea groups is 1. The Morgan fingerprint density at radius 2 is 1.90 bits per heavy atom. The van der Waals surface area contributed by atoms with Gasteiger partial charge in [0.2, 0.25) is 0 Å². The maximum atomic E-state index is 13.1. The largest absolute Gasteiger partial charge is 0.489 e. The summed E-state index contributed by atoms with van der Waals surface area (Å²) in [4.78, 5) is 38.9. The van der Waals surface area contributed by atoms with Crippen LogP contribution in [0.15, 0.2) is 59.1 Å². The normalized spacial score (nSPS) is 15.5. The number of nitrogens with one attached hydrogen (secondary N) is 1. The van der Waals surface area contributed by atoms with Crippen molar-refractivity contribution in [3.63, 3.8) is 0 Å². The number of carbonyl (C=O) groups is 3. The molecule has 0 atom stereocenters. The first-order valence-electron chi connectivity index (χ1n) is 8.83. The van der Waals surface area contributed by atoms with Crippen molar-refractivity contribution in [3.05, 3.63) is 75.8 Å². The number of rotatable bonds is 5. The fraction of sp³-hybridized carbons (Fsp3) is 0.136. The van der Waals surface area contributed by atoms with Gasteiger partial charge in [-0.1, -0.05) is 46.3 Å². The molecule has 1 N–H and O–H groups in total. The summed E-state index contributed by atoms with van der Waals surface area (Å²) in [6.07, 6.45) is 3.02. The van der Waals surface area contributed by atoms with Crippen LogP contribution in [0.3, 0.4) is 0 Å². The van der Waals surface area contributed by atoms with E-state index in [2.05, 4.69) is 27.8 Å². The SMILES string of the molecule is C=CCOc1ccc(Br)cc1/C=C1\C(=O)NC(=O)N(c2ccc(C)cc2C)C1=O. The summed E-state index contributed by atoms with van der Waals surface area (Å²) in [5.41, 5.74) is 2.54. The van der Waals surface area contributed by atoms with Crippen molar-refractivity contribution in [3.8, 4) is 5.75 Å². The van der Waals surface area contributed by atoms with E-state index < -0.39 is 17.8 Å². The number of nitrogens with zero attached hydrogens (tertiary/aromatic N) is 1. The Labute approximate surface area is 177 Å². The smallest absolute Gasteiger partial charge is 0.335 e. The lowest BCUT2D eigenvalue weighted by Crippen LogP contribution is -2.54. The third kappa shape index (κ3) is 4.30. The summed E-state index contributed by atoms with van der Waals surface area (Å²) < 4.78 is 6.36. The number of benzene rings is 2. The average molecular weight is 455 g/mol. The number of anilines is 1. The molecule has 7 heteroatoms. The van der Waals surface area contributed by atoms with E-state index in [0.717, 1.165) is 20.5 Å². The minimum Gasteiger partial charge on any atom is -0.489 e. The minimum absolute atomic E-state index is 0.161. The summed E-state index contributed by atoms with van der Waals surface area (Å²) in [7, 11) is 0. The van der Waals surface area contributed by atoms with Crippen LogP contribution in [0.25, 0.3) is 6.08 Å². The van der Waals surface area contributed by atoms with Gasteiger partial charge in [0.1, 0.15) is 17.9 Å². The van der Waals surface area contributed by atoms with Gasteiger partial charge >= 0.3 is 6.03 Å². The molecular weight excluding hydrogens is 436 g/mol. The first-order chi connectivity index (χ1) is 13.8. The molecule has 0 aliphatic carbocycles. The maximum Gasteiger partial charge on any atom is 0.335 e. The predicted molar refractivity (Wildman–Crippen MR) is 115 cm³/mol. The Bertz CT molecular complexity index is 1060. The van der Waals surface area contributed by atoms with Crippen LogP contribution < -0.4 is 15.0 Å². The topological polar surface area (TPSA) is 75.7 Å². The fourth-order valence-electron chi connectivity index (χ4n) is 3.00. The standard InChI is InChI=1S/C22H19BrN2O4/c1-4-9-29-19-8-6-16(23)11-15(19)12-17-20(26)24-22(28)25(21(17)27)18-7-5-13(2)10-14(18)3/h4-8,10-12H,1,9H2,2-3H3,(H,24,26,28)/b17-12+. The summed E-state index contributed by atoms with van der Waals surface area (Å²) in [5, 5.41) is 2.24. The molecule has 0 aromatic heterocycles. The zero-order valence-corrected chi connectivity index (χ0v) is 17.6. The number of amides is 4. The molecule has 0 spiro atoms. The highest BCUT2D eigenvalue weighted by Crippen LogP contribution is 2.29. The second-order valence-corrected chi connectivity index (χ2v) is 7.45. The molecule has 0 radical (unpaired) electrons. The van der Waals surface area contributed by atoms with E-state index in [1.165, 1.54) is 6.08 Å². The third-order valence-electron chi connectivity index (χ3n) is 4.32. The van der Waals surface area contributed by atoms with E-state index in [-0.39, 0.29) is 12.2 Å². The molecule has 1 aliphatic rings. The number of imide groups is 2. The highest BCUT2D eigenvalue weighted by atomic mass is 79.9. The number of hydrogen-bond donors (Lipinski definition) is 1. The van der Waals surface area contributed by atoms with Gasteiger partial charge in [-0.2, -0.15) is 0 Å². The first kappa shape index (κ1) is 20.5. The highest BCUT2D eigenvalue weighted by molar-refractivity contribution is 9.10. The van der Waals surface area contributed by atoms with Crippen molar-refractivity contribution in [1.29, 1.82) is 0 Å². The number of aryl methyl sites for hydroxylation is 2. The lowest BCUT2D eigenvalue weighted by atomic mass is 10.0. The number of barbiturate groups is 1. The first-order valence-corrected chi connectivity index (χ1v) is 9.63. The predicted octanol–water partition coefficient (Wildman–Crippen LogP) is 4.30. The maximum absolute atomic E-state index is 13.1. The molecule has 1 fully saturated rings. The molecule has 2 aromatic rings. The van der Waals surface area contributed by atoms with Crippen molar-refractivity contribution in [2.24, 2.45) is 0 Å². The molecule has 1 saturated heterocycles. The van der Waals surface area contributed by atoms with Crippen LogP contribution in [-0.2, 0) is 9.59 Å². The molecule has 4 amide bonds. The van der Waals surface area contributed by atoms with Crippen molar-refractivity contribution in [1.82, 2.24) is 5.32 Å². The van der Waals surface area contributed by atoms with Crippen molar-refractivity contribution >= 4 is 45.5 Å². The Morgan fingerprint density at radius 1 is 1.14 bits per heavy atom. The Balaban J connectivity index is 2.06. The summed E-state index contributed by atoms with van der Waals surface area (Å²) >= 11 is 3.38. The molecule has 29 heavy (non-hydrogen) atoms. The Hall–Kier alpha value is -3.19. The lowest BCUT2D eigenvalue weighted by Gasteiger charge is -2.27. The Morgan fingerprint density at radius 3 is 2.59 bits per heavy atom. The summed E-state index contributed by atoms with van der Waals surface area (Å²) in [6.45, 7) is 7.61. The molecule has 6 nitrogen and oxygen atoms in total. The van der Waals surface area contributed by atoms with Crippen molar-refractivity contribution < 1.29 is 19.1 Å². The molecule has 1 aliphatic heterocycles. The van der Waals surface area contributed by atoms with Crippen LogP contribution in [0.5, 0.6) is 5.75 Å². The second-order valence-electron chi connectivity index (χ2n) is 6.53. The van der Waals surface area contributed by atoms with Gasteiger partial charge < -0.3 is 4.74 Å². The van der Waals surface area contributed by atoms with Crippen LogP contribution in [-0.4, -0.2) is 24.5 Å². The average Bonchev–Trinajstić information content (AvgIpc) is 2.66. The molecule has 0 bridgehead atoms. The minimum atomic E-state index is -0.776. The zero-order chi connectivity index (χ0) is 21.1. The van der Waals surface area contributed by atoms with Gasteiger partial charge in [-0.25, -0.2) is 9.69 Å². The molecule has 2 aromatic carbocycles. The molecule has 148 valence electrons. The molecule has 1 heterocycles. The number of ether oxygens (including phenoxy) is 1. The molecular formula is C22H19BrN2O4. The van der Waals surface area contributed by atoms with Gasteiger partial charge in [0.25, 0.3) is 11.8 Å². The van der Waals surface area contributed by atoms with E-state index in [1.807, 2.05) is 13.0 Å². The van der Waals surface area contributed by atoms with Crippen LogP contribution >= 0.6 is 15.9 Å². The fourth-order valence-corrected chi connectivity index (χ4v) is 3.38. The Kier molecular flexibility index (Phi) is 5.98. The van der Waals surface area contributed by atoms with Gasteiger partial charge in [0.15, 0.2) is 0 Å². The van der Waals surface area contributed by atoms with E-state index in [0.29, 0.717) is 17.0 Å². The summed E-state index contributed by atoms with van der Waals surface area (Å²) in [5.74, 6) is -0.966. The van der Waals surface area contributed by atoms with Gasteiger partial charge in [0, 0.05) is 10.0 Å². The summed E-state index contributed by atoms with van der Waals surface area (Å²) in [6, 6.07) is 9.81. The van der Waals surface area contributed by atoms with Gasteiger partial charge in [0.05, 0.1) is 5.69 Å². The van der Waals surface area contributed by atoms with Gasteiger partial charge in [-0.05, 0) is 49.8 Å². The molecule has 3 rings (SSSR count). The number of halogens is 1. The van der Waals surface area contributed by atoms with Crippen LogP contribution in [0.4, 0.5) is 10.5 Å². The lowest BCUT2D eigenvalue weighted by molar-refractivity contribution is -0.122. The van der Waals surface area contributed by atoms with Gasteiger partial charge in [-0.3, -0.25) is 14.9 Å². The van der Waals surface area contributed by atoms with Gasteiger partial charge in [-0.15, -0.1) is 0 Å². The van der Waals surface area contributed by atoms with Crippen molar-refractivity contribution in [2.75, 3.05) is 11.5 Å². The zero-order valence-electron chi connectivity index (χ0n) is 16.0. The highest BCUT2D eigenvalue weighted by Gasteiger charge is 2.37. The van der Waals surface area contributed by atoms with Crippen molar-refractivity contribution in [2.45, 2.75) is 13.8 Å². The number of hydrogen-bond acceptors (Lipinski definition) is 4. The third-order valence-corrected chi connectivity index (χ3v) is 4.82. The van der Waals surface area contributed by atoms with E-state index in [1.54, 1.807) is 43.3 Å².